The molecular formula is C16H32NO2P. The van der Waals surface area contributed by atoms with Gasteiger partial charge in [-0.3, -0.25) is 0 Å². The lowest BCUT2D eigenvalue weighted by Gasteiger charge is -2.34. The maximum atomic E-state index is 12.3. The first-order valence-corrected chi connectivity index (χ1v) is 8.54. The monoisotopic (exact) mass is 301 g/mol. The SMILES string of the molecule is CC(C)(C)OC(=O)N1CCCCCCCC[C@](C)(P)C1. The van der Waals surface area contributed by atoms with Crippen LogP contribution in [0.3, 0.4) is 0 Å². The zero-order valence-electron chi connectivity index (χ0n) is 13.7. The molecule has 0 aliphatic carbocycles. The van der Waals surface area contributed by atoms with Gasteiger partial charge in [-0.15, -0.1) is 9.24 Å². The molecule has 20 heavy (non-hydrogen) atoms. The highest BCUT2D eigenvalue weighted by Gasteiger charge is 2.28. The number of ether oxygens (including phenoxy) is 1. The van der Waals surface area contributed by atoms with Gasteiger partial charge in [-0.25, -0.2) is 4.79 Å². The topological polar surface area (TPSA) is 29.5 Å². The molecular weight excluding hydrogens is 269 g/mol. The van der Waals surface area contributed by atoms with Crippen molar-refractivity contribution < 1.29 is 9.53 Å². The van der Waals surface area contributed by atoms with Gasteiger partial charge in [0.1, 0.15) is 5.60 Å². The van der Waals surface area contributed by atoms with Gasteiger partial charge < -0.3 is 9.64 Å². The van der Waals surface area contributed by atoms with Gasteiger partial charge in [0, 0.05) is 13.1 Å². The number of amides is 1. The van der Waals surface area contributed by atoms with E-state index in [1.165, 1.54) is 32.1 Å². The molecule has 0 aromatic carbocycles. The fourth-order valence-corrected chi connectivity index (χ4v) is 3.04. The van der Waals surface area contributed by atoms with Gasteiger partial charge >= 0.3 is 6.09 Å². The number of nitrogens with zero attached hydrogens (tertiary/aromatic N) is 1. The standard InChI is InChI=1S/C16H32NO2P/c1-15(2,3)19-14(18)17-12-10-8-6-5-7-9-11-16(4,20)13-17/h5-13,20H2,1-4H3/t16-/m0/s1. The average molecular weight is 301 g/mol. The van der Waals surface area contributed by atoms with Gasteiger partial charge in [-0.05, 0) is 38.8 Å². The lowest BCUT2D eigenvalue weighted by molar-refractivity contribution is 0.0229. The summed E-state index contributed by atoms with van der Waals surface area (Å²) in [6.45, 7) is 9.60. The maximum Gasteiger partial charge on any atom is 0.410 e. The zero-order valence-corrected chi connectivity index (χ0v) is 14.9. The van der Waals surface area contributed by atoms with Crippen molar-refractivity contribution in [3.8, 4) is 0 Å². The van der Waals surface area contributed by atoms with Crippen LogP contribution in [0.25, 0.3) is 0 Å². The normalized spacial score (nSPS) is 26.8. The van der Waals surface area contributed by atoms with E-state index in [-0.39, 0.29) is 11.2 Å². The minimum Gasteiger partial charge on any atom is -0.444 e. The first-order valence-electron chi connectivity index (χ1n) is 7.96. The van der Waals surface area contributed by atoms with Crippen molar-refractivity contribution in [2.75, 3.05) is 13.1 Å². The lowest BCUT2D eigenvalue weighted by atomic mass is 10.0. The molecule has 1 fully saturated rings. The summed E-state index contributed by atoms with van der Waals surface area (Å²) >= 11 is 0. The summed E-state index contributed by atoms with van der Waals surface area (Å²) in [5.74, 6) is 0. The Bertz CT molecular complexity index is 310. The molecule has 1 unspecified atom stereocenters. The number of hydrogen-bond acceptors (Lipinski definition) is 2. The fourth-order valence-electron chi connectivity index (χ4n) is 2.62. The maximum absolute atomic E-state index is 12.3. The van der Waals surface area contributed by atoms with Crippen molar-refractivity contribution in [2.24, 2.45) is 0 Å². The Morgan fingerprint density at radius 2 is 1.65 bits per heavy atom. The van der Waals surface area contributed by atoms with E-state index in [0.29, 0.717) is 0 Å². The van der Waals surface area contributed by atoms with Gasteiger partial charge in [0.25, 0.3) is 0 Å². The molecule has 0 saturated carbocycles. The Morgan fingerprint density at radius 3 is 2.25 bits per heavy atom. The zero-order chi connectivity index (χ0) is 15.2. The molecule has 1 aliphatic heterocycles. The first kappa shape index (κ1) is 17.8. The van der Waals surface area contributed by atoms with Gasteiger partial charge in [0.05, 0.1) is 0 Å². The summed E-state index contributed by atoms with van der Waals surface area (Å²) in [5, 5.41) is 0.0985. The third kappa shape index (κ3) is 7.47. The van der Waals surface area contributed by atoms with E-state index in [2.05, 4.69) is 16.2 Å². The molecule has 1 amide bonds. The second-order valence-corrected chi connectivity index (χ2v) is 8.82. The van der Waals surface area contributed by atoms with Crippen molar-refractivity contribution in [2.45, 2.75) is 83.4 Å². The molecule has 1 heterocycles. The molecule has 3 nitrogen and oxygen atoms in total. The molecule has 0 spiro atoms. The van der Waals surface area contributed by atoms with E-state index in [1.807, 2.05) is 25.7 Å². The molecule has 1 saturated heterocycles. The summed E-state index contributed by atoms with van der Waals surface area (Å²) < 4.78 is 5.55. The minimum atomic E-state index is -0.416. The summed E-state index contributed by atoms with van der Waals surface area (Å²) in [5.41, 5.74) is -0.416. The van der Waals surface area contributed by atoms with Crippen LogP contribution in [-0.2, 0) is 4.74 Å². The molecule has 0 N–H and O–H groups in total. The molecule has 4 heteroatoms. The van der Waals surface area contributed by atoms with Crippen LogP contribution in [0.4, 0.5) is 4.79 Å². The Morgan fingerprint density at radius 1 is 1.10 bits per heavy atom. The number of carbonyl (C=O) groups excluding carboxylic acids is 1. The predicted octanol–water partition coefficient (Wildman–Crippen LogP) is 4.60. The van der Waals surface area contributed by atoms with Gasteiger partial charge in [0.15, 0.2) is 0 Å². The van der Waals surface area contributed by atoms with E-state index in [0.717, 1.165) is 25.9 Å². The Labute approximate surface area is 127 Å². The summed E-state index contributed by atoms with van der Waals surface area (Å²) in [6.07, 6.45) is 8.47. The second kappa shape index (κ2) is 7.64. The summed E-state index contributed by atoms with van der Waals surface area (Å²) in [6, 6.07) is 0. The van der Waals surface area contributed by atoms with Crippen LogP contribution in [0, 0.1) is 0 Å². The Balaban J connectivity index is 2.69. The molecule has 0 aromatic heterocycles. The van der Waals surface area contributed by atoms with E-state index < -0.39 is 5.60 Å². The number of carbonyl (C=O) groups is 1. The first-order chi connectivity index (χ1) is 9.20. The van der Waals surface area contributed by atoms with Crippen molar-refractivity contribution >= 4 is 15.3 Å². The van der Waals surface area contributed by atoms with Gasteiger partial charge in [-0.1, -0.05) is 39.0 Å². The number of rotatable bonds is 0. The summed E-state index contributed by atoms with van der Waals surface area (Å²) in [7, 11) is 2.95. The van der Waals surface area contributed by atoms with Crippen LogP contribution in [0.15, 0.2) is 0 Å². The quantitative estimate of drug-likeness (QED) is 0.612. The van der Waals surface area contributed by atoms with Crippen molar-refractivity contribution in [1.29, 1.82) is 0 Å². The molecule has 0 radical (unpaired) electrons. The van der Waals surface area contributed by atoms with Crippen molar-refractivity contribution in [3.05, 3.63) is 0 Å². The molecule has 118 valence electrons. The van der Waals surface area contributed by atoms with Gasteiger partial charge in [-0.2, -0.15) is 0 Å². The van der Waals surface area contributed by atoms with Crippen molar-refractivity contribution in [3.63, 3.8) is 0 Å². The van der Waals surface area contributed by atoms with Crippen LogP contribution in [0.5, 0.6) is 0 Å². The molecule has 0 bridgehead atoms. The molecule has 1 aliphatic rings. The Hall–Kier alpha value is -0.300. The van der Waals surface area contributed by atoms with Crippen molar-refractivity contribution in [1.82, 2.24) is 4.90 Å². The van der Waals surface area contributed by atoms with Crippen LogP contribution >= 0.6 is 9.24 Å². The number of hydrogen-bond donors (Lipinski definition) is 0. The highest BCUT2D eigenvalue weighted by atomic mass is 31.0. The largest absolute Gasteiger partial charge is 0.444 e. The minimum absolute atomic E-state index is 0.0985. The molecule has 1 rings (SSSR count). The van der Waals surface area contributed by atoms with E-state index in [9.17, 15) is 4.79 Å². The third-order valence-corrected chi connectivity index (χ3v) is 4.10. The van der Waals surface area contributed by atoms with E-state index in [4.69, 9.17) is 4.74 Å². The van der Waals surface area contributed by atoms with Crippen LogP contribution in [-0.4, -0.2) is 34.8 Å². The van der Waals surface area contributed by atoms with Crippen LogP contribution < -0.4 is 0 Å². The molecule has 2 atom stereocenters. The predicted molar refractivity (Wildman–Crippen MR) is 88.2 cm³/mol. The van der Waals surface area contributed by atoms with E-state index >= 15 is 0 Å². The van der Waals surface area contributed by atoms with Gasteiger partial charge in [0.2, 0.25) is 0 Å². The van der Waals surface area contributed by atoms with Crippen LogP contribution in [0.2, 0.25) is 0 Å². The molecule has 0 aromatic rings. The van der Waals surface area contributed by atoms with E-state index in [1.54, 1.807) is 0 Å². The third-order valence-electron chi connectivity index (χ3n) is 3.63. The summed E-state index contributed by atoms with van der Waals surface area (Å²) in [4.78, 5) is 14.3. The smallest absolute Gasteiger partial charge is 0.410 e. The lowest BCUT2D eigenvalue weighted by Crippen LogP contribution is -2.43. The fraction of sp³-hybridized carbons (Fsp3) is 0.938. The second-order valence-electron chi connectivity index (χ2n) is 7.43. The highest BCUT2D eigenvalue weighted by Crippen LogP contribution is 2.28. The highest BCUT2D eigenvalue weighted by molar-refractivity contribution is 7.19. The average Bonchev–Trinajstić information content (AvgIpc) is 2.31. The Kier molecular flexibility index (Phi) is 6.78. The van der Waals surface area contributed by atoms with Crippen LogP contribution in [0.1, 0.15) is 72.6 Å².